The second kappa shape index (κ2) is 8.39. The van der Waals surface area contributed by atoms with Crippen molar-refractivity contribution in [2.45, 2.75) is 31.8 Å². The molecule has 1 fully saturated rings. The lowest BCUT2D eigenvalue weighted by Crippen LogP contribution is -2.40. The first-order valence-electron chi connectivity index (χ1n) is 7.79. The molecule has 0 saturated heterocycles. The third kappa shape index (κ3) is 4.66. The molecular formula is C17H21F2IN4S. The average Bonchev–Trinajstić information content (AvgIpc) is 3.16. The summed E-state index contributed by atoms with van der Waals surface area (Å²) >= 11 is 1.61. The molecule has 8 heteroatoms. The molecule has 0 spiro atoms. The van der Waals surface area contributed by atoms with E-state index in [1.165, 1.54) is 18.2 Å². The first kappa shape index (κ1) is 20.0. The minimum atomic E-state index is -0.481. The third-order valence-electron chi connectivity index (χ3n) is 4.11. The molecule has 1 aromatic carbocycles. The normalized spacial score (nSPS) is 19.3. The Hall–Kier alpha value is -1.29. The molecule has 1 aromatic heterocycles. The molecule has 1 heterocycles. The van der Waals surface area contributed by atoms with Crippen LogP contribution in [0.5, 0.6) is 0 Å². The predicted octanol–water partition coefficient (Wildman–Crippen LogP) is 3.91. The van der Waals surface area contributed by atoms with Crippen LogP contribution >= 0.6 is 35.3 Å². The van der Waals surface area contributed by atoms with Gasteiger partial charge in [0, 0.05) is 37.0 Å². The van der Waals surface area contributed by atoms with Crippen molar-refractivity contribution in [2.24, 2.45) is 4.99 Å². The smallest absolute Gasteiger partial charge is 0.193 e. The predicted molar refractivity (Wildman–Crippen MR) is 108 cm³/mol. The van der Waals surface area contributed by atoms with Crippen LogP contribution in [0.2, 0.25) is 0 Å². The number of nitrogens with one attached hydrogen (secondary N) is 1. The van der Waals surface area contributed by atoms with Gasteiger partial charge in [-0.1, -0.05) is 6.07 Å². The number of benzene rings is 1. The van der Waals surface area contributed by atoms with Gasteiger partial charge in [0.05, 0.1) is 17.2 Å². The quantitative estimate of drug-likeness (QED) is 0.412. The number of hydrogen-bond acceptors (Lipinski definition) is 3. The second-order valence-electron chi connectivity index (χ2n) is 5.99. The molecule has 25 heavy (non-hydrogen) atoms. The number of hydrogen-bond donors (Lipinski definition) is 1. The fraction of sp³-hybridized carbons (Fsp3) is 0.412. The lowest BCUT2D eigenvalue weighted by molar-refractivity contribution is 0.469. The molecule has 136 valence electrons. The standard InChI is InChI=1S/C17H20F2N4S.HI/c1-10-21-11(9-24-10)8-23(3)17(20-2)22-15-7-12(15)16-13(18)5-4-6-14(16)19;/h4-6,9,12,15H,7-8H2,1-3H3,(H,20,22);1H. The number of aromatic nitrogens is 1. The average molecular weight is 478 g/mol. The zero-order valence-electron chi connectivity index (χ0n) is 14.3. The van der Waals surface area contributed by atoms with Crippen molar-refractivity contribution >= 4 is 41.3 Å². The van der Waals surface area contributed by atoms with E-state index >= 15 is 0 Å². The van der Waals surface area contributed by atoms with Gasteiger partial charge >= 0.3 is 0 Å². The van der Waals surface area contributed by atoms with E-state index in [4.69, 9.17) is 0 Å². The molecule has 2 unspecified atom stereocenters. The van der Waals surface area contributed by atoms with Gasteiger partial charge in [-0.15, -0.1) is 35.3 Å². The summed E-state index contributed by atoms with van der Waals surface area (Å²) in [7, 11) is 3.62. The molecular weight excluding hydrogens is 457 g/mol. The molecule has 1 N–H and O–H groups in total. The van der Waals surface area contributed by atoms with E-state index in [0.29, 0.717) is 18.9 Å². The number of thiazole rings is 1. The highest BCUT2D eigenvalue weighted by atomic mass is 127. The monoisotopic (exact) mass is 478 g/mol. The number of halogens is 3. The van der Waals surface area contributed by atoms with Crippen LogP contribution in [0.3, 0.4) is 0 Å². The summed E-state index contributed by atoms with van der Waals surface area (Å²) in [6, 6.07) is 4.00. The Balaban J connectivity index is 0.00000225. The van der Waals surface area contributed by atoms with Crippen LogP contribution in [-0.2, 0) is 6.54 Å². The van der Waals surface area contributed by atoms with Gasteiger partial charge in [-0.05, 0) is 25.5 Å². The fourth-order valence-corrected chi connectivity index (χ4v) is 3.45. The molecule has 2 aromatic rings. The summed E-state index contributed by atoms with van der Waals surface area (Å²) in [5, 5.41) is 6.34. The molecule has 4 nitrogen and oxygen atoms in total. The lowest BCUT2D eigenvalue weighted by Gasteiger charge is -2.21. The molecule has 2 atom stereocenters. The van der Waals surface area contributed by atoms with Gasteiger partial charge in [0.2, 0.25) is 0 Å². The van der Waals surface area contributed by atoms with Crippen molar-refractivity contribution in [3.8, 4) is 0 Å². The summed E-state index contributed by atoms with van der Waals surface area (Å²) in [6.45, 7) is 2.61. The maximum absolute atomic E-state index is 13.9. The fourth-order valence-electron chi connectivity index (χ4n) is 2.85. The van der Waals surface area contributed by atoms with E-state index in [0.717, 1.165) is 10.7 Å². The van der Waals surface area contributed by atoms with Crippen molar-refractivity contribution in [2.75, 3.05) is 14.1 Å². The van der Waals surface area contributed by atoms with Crippen LogP contribution in [0.25, 0.3) is 0 Å². The Morgan fingerprint density at radius 1 is 1.40 bits per heavy atom. The van der Waals surface area contributed by atoms with Crippen LogP contribution in [0.15, 0.2) is 28.6 Å². The first-order valence-corrected chi connectivity index (χ1v) is 8.67. The highest BCUT2D eigenvalue weighted by Crippen LogP contribution is 2.43. The maximum atomic E-state index is 13.9. The zero-order chi connectivity index (χ0) is 17.3. The van der Waals surface area contributed by atoms with Crippen LogP contribution in [0.1, 0.15) is 28.6 Å². The molecule has 0 bridgehead atoms. The minimum Gasteiger partial charge on any atom is -0.353 e. The SMILES string of the molecule is CN=C(NC1CC1c1c(F)cccc1F)N(C)Cc1csc(C)n1.I. The summed E-state index contributed by atoms with van der Waals surface area (Å²) in [6.07, 6.45) is 0.695. The zero-order valence-corrected chi connectivity index (χ0v) is 17.4. The van der Waals surface area contributed by atoms with Gasteiger partial charge in [-0.2, -0.15) is 0 Å². The summed E-state index contributed by atoms with van der Waals surface area (Å²) in [4.78, 5) is 10.7. The number of rotatable bonds is 4. The highest BCUT2D eigenvalue weighted by Gasteiger charge is 2.42. The minimum absolute atomic E-state index is 0. The van der Waals surface area contributed by atoms with Crippen LogP contribution in [0, 0.1) is 18.6 Å². The van der Waals surface area contributed by atoms with E-state index in [1.54, 1.807) is 18.4 Å². The van der Waals surface area contributed by atoms with Gasteiger partial charge < -0.3 is 10.2 Å². The lowest BCUT2D eigenvalue weighted by atomic mass is 10.1. The topological polar surface area (TPSA) is 40.5 Å². The molecule has 0 aliphatic heterocycles. The van der Waals surface area contributed by atoms with Gasteiger partial charge in [-0.3, -0.25) is 4.99 Å². The van der Waals surface area contributed by atoms with E-state index < -0.39 is 11.6 Å². The molecule has 0 radical (unpaired) electrons. The van der Waals surface area contributed by atoms with Crippen LogP contribution in [-0.4, -0.2) is 36.0 Å². The van der Waals surface area contributed by atoms with Crippen molar-refractivity contribution in [1.82, 2.24) is 15.2 Å². The van der Waals surface area contributed by atoms with Crippen molar-refractivity contribution in [1.29, 1.82) is 0 Å². The Morgan fingerprint density at radius 3 is 2.64 bits per heavy atom. The Bertz CT molecular complexity index is 745. The van der Waals surface area contributed by atoms with Crippen molar-refractivity contribution in [3.63, 3.8) is 0 Å². The number of aliphatic imine (C=N–C) groups is 1. The van der Waals surface area contributed by atoms with Crippen molar-refractivity contribution < 1.29 is 8.78 Å². The van der Waals surface area contributed by atoms with E-state index in [9.17, 15) is 8.78 Å². The summed E-state index contributed by atoms with van der Waals surface area (Å²) < 4.78 is 27.7. The molecule has 1 aliphatic rings. The third-order valence-corrected chi connectivity index (χ3v) is 4.94. The highest BCUT2D eigenvalue weighted by molar-refractivity contribution is 14.0. The molecule has 1 saturated carbocycles. The van der Waals surface area contributed by atoms with Crippen molar-refractivity contribution in [3.05, 3.63) is 51.5 Å². The van der Waals surface area contributed by atoms with Gasteiger partial charge in [0.1, 0.15) is 11.6 Å². The maximum Gasteiger partial charge on any atom is 0.193 e. The Kier molecular flexibility index (Phi) is 6.72. The molecule has 0 amide bonds. The first-order chi connectivity index (χ1) is 11.5. The van der Waals surface area contributed by atoms with Gasteiger partial charge in [0.25, 0.3) is 0 Å². The van der Waals surface area contributed by atoms with E-state index in [-0.39, 0.29) is 41.5 Å². The number of guanidine groups is 1. The molecule has 3 rings (SSSR count). The molecule has 1 aliphatic carbocycles. The van der Waals surface area contributed by atoms with Gasteiger partial charge in [-0.25, -0.2) is 13.8 Å². The second-order valence-corrected chi connectivity index (χ2v) is 7.05. The summed E-state index contributed by atoms with van der Waals surface area (Å²) in [5.41, 5.74) is 1.15. The van der Waals surface area contributed by atoms with E-state index in [2.05, 4.69) is 15.3 Å². The Morgan fingerprint density at radius 2 is 2.08 bits per heavy atom. The number of nitrogens with zero attached hydrogens (tertiary/aromatic N) is 3. The number of aryl methyl sites for hydroxylation is 1. The largest absolute Gasteiger partial charge is 0.353 e. The van der Waals surface area contributed by atoms with E-state index in [1.807, 2.05) is 24.3 Å². The van der Waals surface area contributed by atoms with Crippen LogP contribution < -0.4 is 5.32 Å². The van der Waals surface area contributed by atoms with Crippen LogP contribution in [0.4, 0.5) is 8.78 Å². The Labute approximate surface area is 167 Å². The summed E-state index contributed by atoms with van der Waals surface area (Å²) in [5.74, 6) is -0.418. The van der Waals surface area contributed by atoms with Gasteiger partial charge in [0.15, 0.2) is 5.96 Å².